The van der Waals surface area contributed by atoms with Crippen molar-refractivity contribution < 1.29 is 4.74 Å². The maximum Gasteiger partial charge on any atom is 0.131 e. The molecule has 4 aromatic carbocycles. The summed E-state index contributed by atoms with van der Waals surface area (Å²) in [4.78, 5) is 0. The smallest absolute Gasteiger partial charge is 0.131 e. The third-order valence-electron chi connectivity index (χ3n) is 12.2. The Balaban J connectivity index is 1.60. The molecule has 0 bridgehead atoms. The summed E-state index contributed by atoms with van der Waals surface area (Å²) in [7, 11) is -0.316. The van der Waals surface area contributed by atoms with Crippen molar-refractivity contribution in [2.45, 2.75) is 143 Å². The van der Waals surface area contributed by atoms with E-state index in [1.165, 1.54) is 77.9 Å². The molecule has 0 amide bonds. The first kappa shape index (κ1) is 39.1. The van der Waals surface area contributed by atoms with Crippen LogP contribution in [0.2, 0.25) is 13.1 Å². The second-order valence-electron chi connectivity index (χ2n) is 21.0. The van der Waals surface area contributed by atoms with Gasteiger partial charge in [-0.05, 0) is 91.1 Å². The van der Waals surface area contributed by atoms with Gasteiger partial charge < -0.3 is 4.74 Å². The summed E-state index contributed by atoms with van der Waals surface area (Å²) in [5, 5.41) is 0. The highest BCUT2D eigenvalue weighted by Crippen LogP contribution is 2.57. The highest BCUT2D eigenvalue weighted by Gasteiger charge is 2.48. The van der Waals surface area contributed by atoms with E-state index >= 15 is 0 Å². The van der Waals surface area contributed by atoms with Crippen LogP contribution in [0.1, 0.15) is 153 Å². The van der Waals surface area contributed by atoms with Gasteiger partial charge in [-0.3, -0.25) is 0 Å². The number of hydrogen-bond donors (Lipinski definition) is 0. The topological polar surface area (TPSA) is 9.23 Å². The van der Waals surface area contributed by atoms with Crippen molar-refractivity contribution in [2.75, 3.05) is 7.11 Å². The number of benzene rings is 4. The summed E-state index contributed by atoms with van der Waals surface area (Å²) >= 11 is 0. The second-order valence-corrected chi connectivity index (χ2v) is 25.8. The predicted octanol–water partition coefficient (Wildman–Crippen LogP) is 14.7. The molecule has 0 aromatic heterocycles. The zero-order valence-corrected chi connectivity index (χ0v) is 37.1. The fourth-order valence-electron chi connectivity index (χ4n) is 9.41. The first-order chi connectivity index (χ1) is 24.4. The largest absolute Gasteiger partial charge is 0.496 e. The molecule has 0 radical (unpaired) electrons. The summed E-state index contributed by atoms with van der Waals surface area (Å²) in [5.41, 5.74) is 20.4. The van der Waals surface area contributed by atoms with E-state index in [9.17, 15) is 0 Å². The van der Waals surface area contributed by atoms with Crippen LogP contribution in [0.15, 0.2) is 77.9 Å². The molecule has 2 aliphatic carbocycles. The molecule has 6 rings (SSSR count). The molecule has 0 N–H and O–H groups in total. The quantitative estimate of drug-likeness (QED) is 0.186. The molecule has 53 heavy (non-hydrogen) atoms. The van der Waals surface area contributed by atoms with E-state index in [-0.39, 0.29) is 21.7 Å². The Hall–Kier alpha value is -3.62. The monoisotopic (exact) mass is 722 g/mol. The van der Waals surface area contributed by atoms with Gasteiger partial charge in [-0.1, -0.05) is 186 Å². The van der Waals surface area contributed by atoms with Gasteiger partial charge in [0.1, 0.15) is 5.75 Å². The van der Waals surface area contributed by atoms with E-state index in [0.717, 1.165) is 5.75 Å². The van der Waals surface area contributed by atoms with Crippen LogP contribution in [0.25, 0.3) is 34.4 Å². The molecule has 2 heteroatoms. The molecule has 0 saturated heterocycles. The van der Waals surface area contributed by atoms with Crippen LogP contribution in [0.4, 0.5) is 0 Å². The molecular formula is C51H66OSi. The second kappa shape index (κ2) is 13.0. The molecule has 1 nitrogen and oxygen atoms in total. The molecule has 4 aromatic rings. The molecule has 2 atom stereocenters. The van der Waals surface area contributed by atoms with E-state index in [0.29, 0.717) is 11.1 Å². The van der Waals surface area contributed by atoms with Crippen molar-refractivity contribution in [1.29, 1.82) is 0 Å². The molecule has 0 heterocycles. The number of allylic oxidation sites excluding steroid dienone is 2. The predicted molar refractivity (Wildman–Crippen MR) is 235 cm³/mol. The lowest BCUT2D eigenvalue weighted by molar-refractivity contribution is 0.399. The third kappa shape index (κ3) is 6.95. The maximum absolute atomic E-state index is 6.33. The molecular weight excluding hydrogens is 657 g/mol. The minimum absolute atomic E-state index is 0.0174. The highest BCUT2D eigenvalue weighted by atomic mass is 28.3. The molecule has 0 fully saturated rings. The standard InChI is InChI=1S/C51H66OSi/c1-31-23-39-38(34-25-35(48(3,4)5)27-36(26-34)49(6,7)8)28-37(50(9,10)11)29-41(39)46(31)53(16,17)47-32(2)24-40-42(47)30-43(51(12,13)14)45(52-15)44(40)33-21-19-18-20-22-33/h18-30,46-47H,1-17H3. The van der Waals surface area contributed by atoms with Crippen LogP contribution in [0.5, 0.6) is 5.75 Å². The first-order valence-corrected chi connectivity index (χ1v) is 23.0. The molecule has 280 valence electrons. The van der Waals surface area contributed by atoms with Crippen LogP contribution in [0.3, 0.4) is 0 Å². The number of fused-ring (bicyclic) bond motifs is 2. The summed E-state index contributed by atoms with van der Waals surface area (Å²) in [6.45, 7) is 38.4. The average molecular weight is 723 g/mol. The summed E-state index contributed by atoms with van der Waals surface area (Å²) in [5.74, 6) is 1.01. The molecule has 2 unspecified atom stereocenters. The Morgan fingerprint density at radius 2 is 1.00 bits per heavy atom. The van der Waals surface area contributed by atoms with Crippen LogP contribution in [-0.2, 0) is 21.7 Å². The average Bonchev–Trinajstić information content (AvgIpc) is 3.57. The fraction of sp³-hybridized carbons (Fsp3) is 0.451. The number of hydrogen-bond acceptors (Lipinski definition) is 1. The van der Waals surface area contributed by atoms with Gasteiger partial charge in [0.15, 0.2) is 0 Å². The van der Waals surface area contributed by atoms with E-state index < -0.39 is 8.07 Å². The van der Waals surface area contributed by atoms with Crippen molar-refractivity contribution in [2.24, 2.45) is 0 Å². The highest BCUT2D eigenvalue weighted by molar-refractivity contribution is 6.81. The van der Waals surface area contributed by atoms with Gasteiger partial charge >= 0.3 is 0 Å². The van der Waals surface area contributed by atoms with Gasteiger partial charge in [-0.15, -0.1) is 0 Å². The maximum atomic E-state index is 6.33. The van der Waals surface area contributed by atoms with Gasteiger partial charge in [-0.25, -0.2) is 0 Å². The van der Waals surface area contributed by atoms with Crippen molar-refractivity contribution >= 4 is 20.2 Å². The summed E-state index contributed by atoms with van der Waals surface area (Å²) in [6.07, 6.45) is 5.07. The number of methoxy groups -OCH3 is 1. The van der Waals surface area contributed by atoms with Gasteiger partial charge in [0.25, 0.3) is 0 Å². The van der Waals surface area contributed by atoms with Gasteiger partial charge in [0, 0.05) is 22.2 Å². The normalized spacial score (nSPS) is 17.8. The van der Waals surface area contributed by atoms with Crippen LogP contribution in [-0.4, -0.2) is 15.2 Å². The summed E-state index contributed by atoms with van der Waals surface area (Å²) in [6, 6.07) is 26.0. The van der Waals surface area contributed by atoms with Crippen molar-refractivity contribution in [3.05, 3.63) is 122 Å². The number of rotatable bonds is 5. The van der Waals surface area contributed by atoms with Crippen LogP contribution >= 0.6 is 0 Å². The first-order valence-electron chi connectivity index (χ1n) is 19.9. The van der Waals surface area contributed by atoms with Gasteiger partial charge in [-0.2, -0.15) is 0 Å². The Kier molecular flexibility index (Phi) is 9.59. The lowest BCUT2D eigenvalue weighted by atomic mass is 9.77. The van der Waals surface area contributed by atoms with Gasteiger partial charge in [0.2, 0.25) is 0 Å². The molecule has 2 aliphatic rings. The third-order valence-corrected chi connectivity index (χ3v) is 16.8. The Morgan fingerprint density at radius 3 is 1.47 bits per heavy atom. The number of ether oxygens (including phenoxy) is 1. The van der Waals surface area contributed by atoms with Crippen molar-refractivity contribution in [1.82, 2.24) is 0 Å². The van der Waals surface area contributed by atoms with Gasteiger partial charge in [0.05, 0.1) is 15.2 Å². The van der Waals surface area contributed by atoms with E-state index in [1.54, 1.807) is 0 Å². The molecule has 0 spiro atoms. The van der Waals surface area contributed by atoms with Crippen LogP contribution < -0.4 is 4.74 Å². The SMILES string of the molecule is COc1c(C(C)(C)C)cc2c(c1-c1ccccc1)C=C(C)C2[Si](C)(C)C1C(C)=Cc2c(-c3cc(C(C)(C)C)cc(C(C)(C)C)c3)cc(C(C)(C)C)cc21. The van der Waals surface area contributed by atoms with Crippen LogP contribution in [0, 0.1) is 0 Å². The fourth-order valence-corrected chi connectivity index (χ4v) is 14.3. The molecule has 0 saturated carbocycles. The Labute approximate surface area is 324 Å². The lowest BCUT2D eigenvalue weighted by Crippen LogP contribution is -2.42. The molecule has 0 aliphatic heterocycles. The minimum Gasteiger partial charge on any atom is -0.496 e. The van der Waals surface area contributed by atoms with E-state index in [4.69, 9.17) is 4.74 Å². The van der Waals surface area contributed by atoms with E-state index in [2.05, 4.69) is 189 Å². The van der Waals surface area contributed by atoms with E-state index in [1.807, 2.05) is 7.11 Å². The van der Waals surface area contributed by atoms with Crippen molar-refractivity contribution in [3.8, 4) is 28.0 Å². The Bertz CT molecular complexity index is 2100. The lowest BCUT2D eigenvalue weighted by Gasteiger charge is -2.40. The van der Waals surface area contributed by atoms with Crippen molar-refractivity contribution in [3.63, 3.8) is 0 Å². The zero-order chi connectivity index (χ0) is 39.2. The Morgan fingerprint density at radius 1 is 0.528 bits per heavy atom. The zero-order valence-electron chi connectivity index (χ0n) is 36.1. The minimum atomic E-state index is -2.16. The summed E-state index contributed by atoms with van der Waals surface area (Å²) < 4.78 is 6.33.